The summed E-state index contributed by atoms with van der Waals surface area (Å²) in [6, 6.07) is 18.2. The molecule has 0 amide bonds. The van der Waals surface area contributed by atoms with E-state index in [2.05, 4.69) is 4.99 Å². The maximum absolute atomic E-state index is 13.6. The van der Waals surface area contributed by atoms with E-state index in [9.17, 15) is 19.5 Å². The van der Waals surface area contributed by atoms with Crippen LogP contribution >= 0.6 is 11.3 Å². The molecule has 8 nitrogen and oxygen atoms in total. The number of fused-ring (bicyclic) bond motifs is 1. The zero-order valence-corrected chi connectivity index (χ0v) is 20.8. The first-order valence-corrected chi connectivity index (χ1v) is 12.3. The van der Waals surface area contributed by atoms with E-state index in [-0.39, 0.29) is 17.7 Å². The molecule has 5 rings (SSSR count). The number of aromatic nitrogens is 1. The minimum atomic E-state index is -1.28. The molecule has 0 unspecified atom stereocenters. The summed E-state index contributed by atoms with van der Waals surface area (Å²) in [6.07, 6.45) is 1.61. The minimum absolute atomic E-state index is 0.0393. The highest BCUT2D eigenvalue weighted by molar-refractivity contribution is 7.07. The molecule has 9 heteroatoms. The molecular weight excluding hydrogens is 492 g/mol. The van der Waals surface area contributed by atoms with Crippen LogP contribution in [0.2, 0.25) is 0 Å². The number of carbonyl (C=O) groups is 2. The van der Waals surface area contributed by atoms with Crippen molar-refractivity contribution in [3.05, 3.63) is 115 Å². The summed E-state index contributed by atoms with van der Waals surface area (Å²) in [5.74, 6) is -0.928. The molecule has 37 heavy (non-hydrogen) atoms. The highest BCUT2D eigenvalue weighted by atomic mass is 32.1. The number of carbonyl (C=O) groups excluding carboxylic acids is 2. The van der Waals surface area contributed by atoms with E-state index in [1.54, 1.807) is 44.2 Å². The number of rotatable bonds is 6. The second-order valence-electron chi connectivity index (χ2n) is 8.28. The van der Waals surface area contributed by atoms with E-state index < -0.39 is 18.0 Å². The number of aromatic carboxylic acids is 1. The van der Waals surface area contributed by atoms with Crippen molar-refractivity contribution in [2.75, 3.05) is 6.61 Å². The fourth-order valence-corrected chi connectivity index (χ4v) is 5.28. The van der Waals surface area contributed by atoms with Gasteiger partial charge in [0.25, 0.3) is 5.56 Å². The van der Waals surface area contributed by atoms with Crippen LogP contribution in [-0.2, 0) is 9.53 Å². The van der Waals surface area contributed by atoms with Gasteiger partial charge in [-0.05, 0) is 43.2 Å². The summed E-state index contributed by atoms with van der Waals surface area (Å²) in [7, 11) is 0. The number of hydrogen-bond donors (Lipinski definition) is 0. The fraction of sp³-hybridized carbons (Fsp3) is 0.143. The lowest BCUT2D eigenvalue weighted by atomic mass is 9.96. The van der Waals surface area contributed by atoms with E-state index in [0.29, 0.717) is 37.7 Å². The molecule has 0 saturated carbocycles. The van der Waals surface area contributed by atoms with E-state index in [0.717, 1.165) is 5.56 Å². The topological polar surface area (TPSA) is 114 Å². The number of thiazole rings is 1. The van der Waals surface area contributed by atoms with Crippen LogP contribution in [-0.4, -0.2) is 23.1 Å². The molecule has 0 spiro atoms. The average molecular weight is 514 g/mol. The van der Waals surface area contributed by atoms with Gasteiger partial charge in [-0.2, -0.15) is 0 Å². The summed E-state index contributed by atoms with van der Waals surface area (Å²) in [5, 5.41) is 11.2. The van der Waals surface area contributed by atoms with Crippen molar-refractivity contribution in [1.82, 2.24) is 4.57 Å². The van der Waals surface area contributed by atoms with Gasteiger partial charge in [0, 0.05) is 11.6 Å². The van der Waals surface area contributed by atoms with Gasteiger partial charge in [-0.25, -0.2) is 9.79 Å². The van der Waals surface area contributed by atoms with Crippen molar-refractivity contribution in [2.24, 2.45) is 4.99 Å². The van der Waals surface area contributed by atoms with E-state index in [4.69, 9.17) is 9.15 Å². The number of furan rings is 1. The van der Waals surface area contributed by atoms with Crippen molar-refractivity contribution in [3.63, 3.8) is 0 Å². The number of carboxylic acid groups (broad SMARTS) is 1. The zero-order chi connectivity index (χ0) is 26.1. The smallest absolute Gasteiger partial charge is 0.338 e. The average Bonchev–Trinajstić information content (AvgIpc) is 3.48. The molecule has 4 aromatic rings. The van der Waals surface area contributed by atoms with Crippen LogP contribution in [0, 0.1) is 0 Å². The van der Waals surface area contributed by atoms with E-state index in [1.807, 2.05) is 30.3 Å². The highest BCUT2D eigenvalue weighted by Gasteiger charge is 2.33. The van der Waals surface area contributed by atoms with Gasteiger partial charge >= 0.3 is 5.97 Å². The first kappa shape index (κ1) is 24.2. The molecule has 0 saturated heterocycles. The molecule has 1 aliphatic heterocycles. The van der Waals surface area contributed by atoms with Gasteiger partial charge in [0.2, 0.25) is 0 Å². The number of hydrogen-bond acceptors (Lipinski definition) is 8. The van der Waals surface area contributed by atoms with Gasteiger partial charge in [-0.15, -0.1) is 0 Å². The number of esters is 1. The summed E-state index contributed by atoms with van der Waals surface area (Å²) < 4.78 is 13.1. The summed E-state index contributed by atoms with van der Waals surface area (Å²) in [5.41, 5.74) is 1.87. The lowest BCUT2D eigenvalue weighted by Crippen LogP contribution is -2.39. The summed E-state index contributed by atoms with van der Waals surface area (Å²) in [4.78, 5) is 42.7. The van der Waals surface area contributed by atoms with Gasteiger partial charge in [-0.1, -0.05) is 59.9 Å². The monoisotopic (exact) mass is 513 g/mol. The van der Waals surface area contributed by atoms with Gasteiger partial charge in [0.1, 0.15) is 11.5 Å². The second kappa shape index (κ2) is 9.87. The third-order valence-electron chi connectivity index (χ3n) is 5.92. The number of ether oxygens (including phenoxy) is 1. The molecule has 186 valence electrons. The Hall–Kier alpha value is -4.50. The SMILES string of the molecule is CCOC(=O)C1=C(C)N=c2s/c(=C/c3ccc(-c4cccc(C(=O)[O-])c4)o3)c(=O)n2[C@H]1c1ccccc1. The van der Waals surface area contributed by atoms with Gasteiger partial charge < -0.3 is 19.1 Å². The van der Waals surface area contributed by atoms with Crippen molar-refractivity contribution in [1.29, 1.82) is 0 Å². The van der Waals surface area contributed by atoms with E-state index >= 15 is 0 Å². The Kier molecular flexibility index (Phi) is 6.45. The van der Waals surface area contributed by atoms with Gasteiger partial charge in [0.15, 0.2) is 4.80 Å². The van der Waals surface area contributed by atoms with Gasteiger partial charge in [0.05, 0.1) is 34.4 Å². The molecule has 0 aliphatic carbocycles. The van der Waals surface area contributed by atoms with Gasteiger partial charge in [-0.3, -0.25) is 9.36 Å². The van der Waals surface area contributed by atoms with Crippen molar-refractivity contribution in [2.45, 2.75) is 19.9 Å². The normalized spacial score (nSPS) is 15.3. The maximum Gasteiger partial charge on any atom is 0.338 e. The minimum Gasteiger partial charge on any atom is -0.545 e. The molecule has 2 aromatic carbocycles. The molecule has 0 bridgehead atoms. The Labute approximate surface area is 215 Å². The Balaban J connectivity index is 1.61. The Bertz CT molecular complexity index is 1730. The lowest BCUT2D eigenvalue weighted by Gasteiger charge is -2.24. The van der Waals surface area contributed by atoms with Crippen molar-refractivity contribution in [3.8, 4) is 11.3 Å². The molecule has 0 radical (unpaired) electrons. The van der Waals surface area contributed by atoms with Crippen molar-refractivity contribution >= 4 is 29.4 Å². The second-order valence-corrected chi connectivity index (χ2v) is 9.29. The molecule has 1 aliphatic rings. The predicted molar refractivity (Wildman–Crippen MR) is 135 cm³/mol. The number of allylic oxidation sites excluding steroid dienone is 1. The molecule has 0 N–H and O–H groups in total. The molecule has 2 aromatic heterocycles. The quantitative estimate of drug-likeness (QED) is 0.366. The van der Waals surface area contributed by atoms with E-state index in [1.165, 1.54) is 28.0 Å². The summed E-state index contributed by atoms with van der Waals surface area (Å²) >= 11 is 1.19. The van der Waals surface area contributed by atoms with Crippen LogP contribution in [0.25, 0.3) is 17.4 Å². The van der Waals surface area contributed by atoms with Crippen LogP contribution in [0.5, 0.6) is 0 Å². The molecule has 3 heterocycles. The third-order valence-corrected chi connectivity index (χ3v) is 6.90. The molecule has 1 atom stereocenters. The fourth-order valence-electron chi connectivity index (χ4n) is 4.26. The summed E-state index contributed by atoms with van der Waals surface area (Å²) in [6.45, 7) is 3.67. The number of benzene rings is 2. The van der Waals surface area contributed by atoms with Crippen LogP contribution in [0.15, 0.2) is 92.2 Å². The maximum atomic E-state index is 13.6. The first-order valence-electron chi connectivity index (χ1n) is 11.5. The van der Waals surface area contributed by atoms with Crippen LogP contribution < -0.4 is 20.0 Å². The lowest BCUT2D eigenvalue weighted by molar-refractivity contribution is -0.255. The number of nitrogens with zero attached hydrogens (tertiary/aromatic N) is 2. The van der Waals surface area contributed by atoms with Crippen LogP contribution in [0.4, 0.5) is 0 Å². The largest absolute Gasteiger partial charge is 0.545 e. The number of carboxylic acids is 1. The Morgan fingerprint density at radius 2 is 1.92 bits per heavy atom. The zero-order valence-electron chi connectivity index (χ0n) is 20.0. The van der Waals surface area contributed by atoms with Crippen molar-refractivity contribution < 1.29 is 23.8 Å². The standard InChI is InChI=1S/C28H22N2O6S/c1-3-35-27(34)23-16(2)29-28-30(24(23)17-8-5-4-6-9-17)25(31)22(37-28)15-20-12-13-21(36-20)18-10-7-11-19(14-18)26(32)33/h4-15,24H,3H2,1-2H3,(H,32,33)/p-1/b22-15+/t24-/m0/s1. The molecule has 0 fully saturated rings. The Morgan fingerprint density at radius 1 is 1.14 bits per heavy atom. The first-order chi connectivity index (χ1) is 17.9. The Morgan fingerprint density at radius 3 is 2.65 bits per heavy atom. The van der Waals surface area contributed by atoms with Crippen LogP contribution in [0.3, 0.4) is 0 Å². The highest BCUT2D eigenvalue weighted by Crippen LogP contribution is 2.30. The van der Waals surface area contributed by atoms with Crippen LogP contribution in [0.1, 0.15) is 41.6 Å². The molecular formula is C28H21N2O6S-. The predicted octanol–water partition coefficient (Wildman–Crippen LogP) is 2.42. The third kappa shape index (κ3) is 4.56.